The van der Waals surface area contributed by atoms with Crippen LogP contribution in [0.25, 0.3) is 0 Å². The monoisotopic (exact) mass is 247 g/mol. The number of hydrogen-bond donors (Lipinski definition) is 1. The Hall–Kier alpha value is -0.770. The van der Waals surface area contributed by atoms with E-state index in [0.29, 0.717) is 27.9 Å². The van der Waals surface area contributed by atoms with Gasteiger partial charge in [0.25, 0.3) is 0 Å². The molecule has 0 saturated heterocycles. The Morgan fingerprint density at radius 1 is 1.40 bits per heavy atom. The number of rotatable bonds is 4. The van der Waals surface area contributed by atoms with Crippen molar-refractivity contribution >= 4 is 29.0 Å². The predicted octanol–water partition coefficient (Wildman–Crippen LogP) is 2.53. The SMILES string of the molecule is COc1cc(Cl)c(C(=O)CCN)cc1Cl. The average Bonchev–Trinajstić information content (AvgIpc) is 2.21. The van der Waals surface area contributed by atoms with Gasteiger partial charge in [-0.2, -0.15) is 0 Å². The van der Waals surface area contributed by atoms with Gasteiger partial charge in [0.15, 0.2) is 5.78 Å². The third kappa shape index (κ3) is 2.84. The Kier molecular flexibility index (Phi) is 4.39. The Labute approximate surface area is 98.1 Å². The van der Waals surface area contributed by atoms with Crippen molar-refractivity contribution in [3.63, 3.8) is 0 Å². The molecule has 0 saturated carbocycles. The second-order valence-electron chi connectivity index (χ2n) is 2.93. The smallest absolute Gasteiger partial charge is 0.165 e. The van der Waals surface area contributed by atoms with Gasteiger partial charge in [0.1, 0.15) is 5.75 Å². The molecule has 0 aliphatic carbocycles. The fourth-order valence-electron chi connectivity index (χ4n) is 1.16. The Morgan fingerprint density at radius 2 is 2.07 bits per heavy atom. The van der Waals surface area contributed by atoms with Crippen LogP contribution < -0.4 is 10.5 Å². The van der Waals surface area contributed by atoms with E-state index in [9.17, 15) is 4.79 Å². The summed E-state index contributed by atoms with van der Waals surface area (Å²) in [4.78, 5) is 11.6. The van der Waals surface area contributed by atoms with Gasteiger partial charge in [-0.15, -0.1) is 0 Å². The minimum Gasteiger partial charge on any atom is -0.495 e. The standard InChI is InChI=1S/C10H11Cl2NO2/c1-15-10-5-7(11)6(4-8(10)12)9(14)2-3-13/h4-5H,2-3,13H2,1H3. The number of Topliss-reactive ketones (excluding diaryl/α,β-unsaturated/α-hetero) is 1. The van der Waals surface area contributed by atoms with Gasteiger partial charge in [-0.05, 0) is 12.6 Å². The van der Waals surface area contributed by atoms with E-state index in [1.54, 1.807) is 0 Å². The first-order valence-corrected chi connectivity index (χ1v) is 5.12. The van der Waals surface area contributed by atoms with E-state index in [2.05, 4.69) is 0 Å². The minimum atomic E-state index is -0.118. The highest BCUT2D eigenvalue weighted by Crippen LogP contribution is 2.31. The maximum absolute atomic E-state index is 11.6. The van der Waals surface area contributed by atoms with Gasteiger partial charge in [-0.1, -0.05) is 23.2 Å². The van der Waals surface area contributed by atoms with Gasteiger partial charge >= 0.3 is 0 Å². The molecule has 2 N–H and O–H groups in total. The Morgan fingerprint density at radius 3 is 2.60 bits per heavy atom. The van der Waals surface area contributed by atoms with Crippen LogP contribution in [0.4, 0.5) is 0 Å². The summed E-state index contributed by atoms with van der Waals surface area (Å²) in [5, 5.41) is 0.692. The molecule has 1 rings (SSSR count). The van der Waals surface area contributed by atoms with E-state index in [0.717, 1.165) is 0 Å². The first-order valence-electron chi connectivity index (χ1n) is 4.36. The summed E-state index contributed by atoms with van der Waals surface area (Å²) in [6, 6.07) is 3.02. The third-order valence-electron chi connectivity index (χ3n) is 1.91. The van der Waals surface area contributed by atoms with Gasteiger partial charge < -0.3 is 10.5 Å². The van der Waals surface area contributed by atoms with Crippen LogP contribution in [0.3, 0.4) is 0 Å². The van der Waals surface area contributed by atoms with E-state index >= 15 is 0 Å². The second kappa shape index (κ2) is 5.35. The molecule has 15 heavy (non-hydrogen) atoms. The number of carbonyl (C=O) groups excluding carboxylic acids is 1. The molecule has 0 aliphatic heterocycles. The highest BCUT2D eigenvalue weighted by Gasteiger charge is 2.13. The number of methoxy groups -OCH3 is 1. The number of carbonyl (C=O) groups is 1. The van der Waals surface area contributed by atoms with Gasteiger partial charge in [-0.3, -0.25) is 4.79 Å². The number of ketones is 1. The van der Waals surface area contributed by atoms with Crippen LogP contribution in [-0.4, -0.2) is 19.4 Å². The largest absolute Gasteiger partial charge is 0.495 e. The summed E-state index contributed by atoms with van der Waals surface area (Å²) >= 11 is 11.8. The molecular weight excluding hydrogens is 237 g/mol. The summed E-state index contributed by atoms with van der Waals surface area (Å²) in [7, 11) is 1.49. The molecule has 0 heterocycles. The lowest BCUT2D eigenvalue weighted by Gasteiger charge is -2.07. The summed E-state index contributed by atoms with van der Waals surface area (Å²) in [5.41, 5.74) is 5.67. The molecule has 0 aromatic heterocycles. The first kappa shape index (κ1) is 12.3. The fraction of sp³-hybridized carbons (Fsp3) is 0.300. The lowest BCUT2D eigenvalue weighted by Crippen LogP contribution is -2.08. The Balaban J connectivity index is 3.10. The normalized spacial score (nSPS) is 10.1. The molecular formula is C10H11Cl2NO2. The van der Waals surface area contributed by atoms with E-state index in [-0.39, 0.29) is 12.2 Å². The molecule has 3 nitrogen and oxygen atoms in total. The van der Waals surface area contributed by atoms with E-state index in [1.165, 1.54) is 19.2 Å². The summed E-state index contributed by atoms with van der Waals surface area (Å²) < 4.78 is 4.97. The lowest BCUT2D eigenvalue weighted by atomic mass is 10.1. The van der Waals surface area contributed by atoms with Crippen molar-refractivity contribution in [3.8, 4) is 5.75 Å². The molecule has 5 heteroatoms. The number of benzene rings is 1. The maximum atomic E-state index is 11.6. The van der Waals surface area contributed by atoms with Crippen molar-refractivity contribution in [1.29, 1.82) is 0 Å². The predicted molar refractivity (Wildman–Crippen MR) is 61.0 cm³/mol. The van der Waals surface area contributed by atoms with Gasteiger partial charge in [0.05, 0.1) is 17.2 Å². The number of nitrogens with two attached hydrogens (primary N) is 1. The summed E-state index contributed by atoms with van der Waals surface area (Å²) in [6.45, 7) is 0.290. The topological polar surface area (TPSA) is 52.3 Å². The van der Waals surface area contributed by atoms with Gasteiger partial charge in [-0.25, -0.2) is 0 Å². The van der Waals surface area contributed by atoms with Crippen molar-refractivity contribution in [2.45, 2.75) is 6.42 Å². The molecule has 1 aromatic rings. The van der Waals surface area contributed by atoms with Crippen molar-refractivity contribution in [1.82, 2.24) is 0 Å². The van der Waals surface area contributed by atoms with Crippen LogP contribution in [0.5, 0.6) is 5.75 Å². The zero-order chi connectivity index (χ0) is 11.4. The third-order valence-corrected chi connectivity index (χ3v) is 2.52. The number of halogens is 2. The fourth-order valence-corrected chi connectivity index (χ4v) is 1.66. The molecule has 0 aliphatic rings. The van der Waals surface area contributed by atoms with Crippen molar-refractivity contribution in [2.24, 2.45) is 5.73 Å². The van der Waals surface area contributed by atoms with E-state index in [1.807, 2.05) is 0 Å². The van der Waals surface area contributed by atoms with Crippen LogP contribution in [0.1, 0.15) is 16.8 Å². The molecule has 1 aromatic carbocycles. The highest BCUT2D eigenvalue weighted by atomic mass is 35.5. The quantitative estimate of drug-likeness (QED) is 0.833. The van der Waals surface area contributed by atoms with Gasteiger partial charge in [0, 0.05) is 18.1 Å². The Bertz CT molecular complexity index is 380. The first-order chi connectivity index (χ1) is 7.10. The van der Waals surface area contributed by atoms with Crippen molar-refractivity contribution in [3.05, 3.63) is 27.7 Å². The van der Waals surface area contributed by atoms with Crippen LogP contribution in [0.15, 0.2) is 12.1 Å². The zero-order valence-corrected chi connectivity index (χ0v) is 9.73. The van der Waals surface area contributed by atoms with Gasteiger partial charge in [0.2, 0.25) is 0 Å². The molecule has 0 radical (unpaired) electrons. The van der Waals surface area contributed by atoms with Crippen molar-refractivity contribution in [2.75, 3.05) is 13.7 Å². The molecule has 0 amide bonds. The molecule has 0 spiro atoms. The summed E-state index contributed by atoms with van der Waals surface area (Å²) in [5.74, 6) is 0.331. The number of ether oxygens (including phenoxy) is 1. The molecule has 0 bridgehead atoms. The van der Waals surface area contributed by atoms with Crippen LogP contribution in [0.2, 0.25) is 10.0 Å². The average molecular weight is 248 g/mol. The van der Waals surface area contributed by atoms with E-state index < -0.39 is 0 Å². The number of hydrogen-bond acceptors (Lipinski definition) is 3. The van der Waals surface area contributed by atoms with Crippen LogP contribution in [0, 0.1) is 0 Å². The summed E-state index contributed by atoms with van der Waals surface area (Å²) in [6.07, 6.45) is 0.252. The second-order valence-corrected chi connectivity index (χ2v) is 3.74. The molecule has 0 atom stereocenters. The molecule has 0 fully saturated rings. The zero-order valence-electron chi connectivity index (χ0n) is 8.22. The van der Waals surface area contributed by atoms with Crippen molar-refractivity contribution < 1.29 is 9.53 Å². The maximum Gasteiger partial charge on any atom is 0.165 e. The molecule has 0 unspecified atom stereocenters. The minimum absolute atomic E-state index is 0.118. The highest BCUT2D eigenvalue weighted by molar-refractivity contribution is 6.36. The van der Waals surface area contributed by atoms with E-state index in [4.69, 9.17) is 33.7 Å². The lowest BCUT2D eigenvalue weighted by molar-refractivity contribution is 0.0985. The molecule has 82 valence electrons. The van der Waals surface area contributed by atoms with Crippen LogP contribution in [-0.2, 0) is 0 Å². The van der Waals surface area contributed by atoms with Crippen LogP contribution >= 0.6 is 23.2 Å².